The molecule has 0 aliphatic heterocycles. The van der Waals surface area contributed by atoms with Crippen LogP contribution in [0, 0.1) is 0 Å². The van der Waals surface area contributed by atoms with E-state index < -0.39 is 10.0 Å². The molecule has 6 nitrogen and oxygen atoms in total. The maximum absolute atomic E-state index is 12.9. The number of hydrogen-bond donors (Lipinski definition) is 2. The van der Waals surface area contributed by atoms with Crippen molar-refractivity contribution in [3.05, 3.63) is 53.6 Å². The van der Waals surface area contributed by atoms with Crippen LogP contribution in [0.5, 0.6) is 5.75 Å². The van der Waals surface area contributed by atoms with E-state index >= 15 is 0 Å². The molecule has 2 N–H and O–H groups in total. The highest BCUT2D eigenvalue weighted by atomic mass is 32.2. The highest BCUT2D eigenvalue weighted by molar-refractivity contribution is 7.92. The van der Waals surface area contributed by atoms with Crippen molar-refractivity contribution in [2.45, 2.75) is 25.2 Å². The molecule has 1 aliphatic carbocycles. The lowest BCUT2D eigenvalue weighted by atomic mass is 9.82. The SMILES string of the molecule is COc1ccc(NS(C)(=O)=O)c(NC(=O)[C@@H]2CCCc3ccccc32)c1. The van der Waals surface area contributed by atoms with Gasteiger partial charge in [-0.2, -0.15) is 0 Å². The predicted octanol–water partition coefficient (Wildman–Crippen LogP) is 3.13. The maximum Gasteiger partial charge on any atom is 0.231 e. The Bertz CT molecular complexity index is 925. The molecule has 0 saturated heterocycles. The van der Waals surface area contributed by atoms with Gasteiger partial charge in [-0.25, -0.2) is 8.42 Å². The number of ether oxygens (including phenoxy) is 1. The van der Waals surface area contributed by atoms with E-state index in [0.717, 1.165) is 31.1 Å². The van der Waals surface area contributed by atoms with E-state index in [-0.39, 0.29) is 11.8 Å². The summed E-state index contributed by atoms with van der Waals surface area (Å²) in [5.41, 5.74) is 2.92. The number of benzene rings is 2. The number of fused-ring (bicyclic) bond motifs is 1. The first-order valence-corrected chi connectivity index (χ1v) is 10.3. The van der Waals surface area contributed by atoms with Crippen LogP contribution >= 0.6 is 0 Å². The average Bonchev–Trinajstić information content (AvgIpc) is 2.61. The molecular weight excluding hydrogens is 352 g/mol. The Hall–Kier alpha value is -2.54. The fourth-order valence-corrected chi connectivity index (χ4v) is 3.87. The van der Waals surface area contributed by atoms with Crippen molar-refractivity contribution in [3.8, 4) is 5.75 Å². The zero-order chi connectivity index (χ0) is 18.7. The molecule has 2 aromatic rings. The number of rotatable bonds is 5. The second-order valence-electron chi connectivity index (χ2n) is 6.42. The van der Waals surface area contributed by atoms with Crippen LogP contribution in [0.3, 0.4) is 0 Å². The van der Waals surface area contributed by atoms with Crippen LogP contribution in [0.25, 0.3) is 0 Å². The Morgan fingerprint density at radius 1 is 1.15 bits per heavy atom. The first kappa shape index (κ1) is 18.3. The van der Waals surface area contributed by atoms with Gasteiger partial charge in [0, 0.05) is 6.07 Å². The van der Waals surface area contributed by atoms with E-state index in [1.54, 1.807) is 18.2 Å². The summed E-state index contributed by atoms with van der Waals surface area (Å²) in [7, 11) is -1.95. The number of aryl methyl sites for hydroxylation is 1. The minimum Gasteiger partial charge on any atom is -0.497 e. The first-order valence-electron chi connectivity index (χ1n) is 8.42. The summed E-state index contributed by atoms with van der Waals surface area (Å²) >= 11 is 0. The van der Waals surface area contributed by atoms with E-state index in [9.17, 15) is 13.2 Å². The van der Waals surface area contributed by atoms with Gasteiger partial charge in [-0.3, -0.25) is 9.52 Å². The summed E-state index contributed by atoms with van der Waals surface area (Å²) < 4.78 is 30.8. The van der Waals surface area contributed by atoms with Crippen molar-refractivity contribution < 1.29 is 17.9 Å². The van der Waals surface area contributed by atoms with Gasteiger partial charge in [0.2, 0.25) is 15.9 Å². The number of carbonyl (C=O) groups is 1. The normalized spacial score (nSPS) is 16.5. The zero-order valence-corrected chi connectivity index (χ0v) is 15.6. The zero-order valence-electron chi connectivity index (χ0n) is 14.8. The Morgan fingerprint density at radius 2 is 1.92 bits per heavy atom. The smallest absolute Gasteiger partial charge is 0.231 e. The Morgan fingerprint density at radius 3 is 2.65 bits per heavy atom. The van der Waals surface area contributed by atoms with Crippen LogP contribution in [-0.2, 0) is 21.2 Å². The summed E-state index contributed by atoms with van der Waals surface area (Å²) in [5, 5.41) is 2.87. The number of amides is 1. The van der Waals surface area contributed by atoms with Gasteiger partial charge >= 0.3 is 0 Å². The van der Waals surface area contributed by atoms with Gasteiger partial charge in [-0.1, -0.05) is 24.3 Å². The number of hydrogen-bond acceptors (Lipinski definition) is 4. The number of carbonyl (C=O) groups excluding carboxylic acids is 1. The largest absolute Gasteiger partial charge is 0.497 e. The van der Waals surface area contributed by atoms with Gasteiger partial charge in [-0.05, 0) is 42.5 Å². The molecule has 1 atom stereocenters. The lowest BCUT2D eigenvalue weighted by molar-refractivity contribution is -0.117. The molecule has 0 spiro atoms. The van der Waals surface area contributed by atoms with Crippen LogP contribution < -0.4 is 14.8 Å². The van der Waals surface area contributed by atoms with Gasteiger partial charge in [0.1, 0.15) is 5.75 Å². The predicted molar refractivity (Wildman–Crippen MR) is 102 cm³/mol. The molecule has 0 saturated carbocycles. The van der Waals surface area contributed by atoms with Crippen LogP contribution in [0.4, 0.5) is 11.4 Å². The third kappa shape index (κ3) is 4.16. The fourth-order valence-electron chi connectivity index (χ4n) is 3.29. The summed E-state index contributed by atoms with van der Waals surface area (Å²) in [5.74, 6) is 0.127. The molecule has 7 heteroatoms. The summed E-state index contributed by atoms with van der Waals surface area (Å²) in [6, 6.07) is 12.8. The summed E-state index contributed by atoms with van der Waals surface area (Å²) in [4.78, 5) is 12.9. The third-order valence-corrected chi connectivity index (χ3v) is 5.06. The third-order valence-electron chi connectivity index (χ3n) is 4.47. The lowest BCUT2D eigenvalue weighted by Crippen LogP contribution is -2.25. The molecular formula is C19H22N2O4S. The number of nitrogens with one attached hydrogen (secondary N) is 2. The first-order chi connectivity index (χ1) is 12.4. The molecule has 2 aromatic carbocycles. The van der Waals surface area contributed by atoms with Gasteiger partial charge in [0.25, 0.3) is 0 Å². The van der Waals surface area contributed by atoms with Crippen LogP contribution in [0.1, 0.15) is 29.9 Å². The molecule has 0 bridgehead atoms. The molecule has 1 aliphatic rings. The summed E-state index contributed by atoms with van der Waals surface area (Å²) in [6.07, 6.45) is 3.75. The monoisotopic (exact) mass is 374 g/mol. The van der Waals surface area contributed by atoms with E-state index in [2.05, 4.69) is 16.1 Å². The molecule has 1 amide bonds. The minimum atomic E-state index is -3.47. The number of sulfonamides is 1. The molecule has 0 fully saturated rings. The number of anilines is 2. The van der Waals surface area contributed by atoms with Crippen molar-refractivity contribution in [1.29, 1.82) is 0 Å². The van der Waals surface area contributed by atoms with Gasteiger partial charge in [0.15, 0.2) is 0 Å². The number of methoxy groups -OCH3 is 1. The second kappa shape index (κ2) is 7.37. The van der Waals surface area contributed by atoms with Gasteiger partial charge < -0.3 is 10.1 Å². The van der Waals surface area contributed by atoms with Crippen molar-refractivity contribution in [2.24, 2.45) is 0 Å². The van der Waals surface area contributed by atoms with Crippen molar-refractivity contribution in [1.82, 2.24) is 0 Å². The Balaban J connectivity index is 1.90. The van der Waals surface area contributed by atoms with E-state index in [4.69, 9.17) is 4.74 Å². The van der Waals surface area contributed by atoms with Crippen molar-refractivity contribution in [3.63, 3.8) is 0 Å². The lowest BCUT2D eigenvalue weighted by Gasteiger charge is -2.25. The molecule has 0 heterocycles. The minimum absolute atomic E-state index is 0.151. The molecule has 0 radical (unpaired) electrons. The standard InChI is InChI=1S/C19H22N2O4S/c1-25-14-10-11-17(21-26(2,23)24)18(12-14)20-19(22)16-9-5-7-13-6-3-4-8-15(13)16/h3-4,6,8,10-12,16,21H,5,7,9H2,1-2H3,(H,20,22)/t16-/m1/s1. The van der Waals surface area contributed by atoms with Crippen molar-refractivity contribution in [2.75, 3.05) is 23.4 Å². The second-order valence-corrected chi connectivity index (χ2v) is 8.17. The Kier molecular flexibility index (Phi) is 5.18. The molecule has 0 unspecified atom stereocenters. The summed E-state index contributed by atoms with van der Waals surface area (Å²) in [6.45, 7) is 0. The quantitative estimate of drug-likeness (QED) is 0.842. The average molecular weight is 374 g/mol. The van der Waals surface area contributed by atoms with Gasteiger partial charge in [-0.15, -0.1) is 0 Å². The van der Waals surface area contributed by atoms with E-state index in [1.807, 2.05) is 18.2 Å². The molecule has 138 valence electrons. The fraction of sp³-hybridized carbons (Fsp3) is 0.316. The highest BCUT2D eigenvalue weighted by Crippen LogP contribution is 2.34. The van der Waals surface area contributed by atoms with E-state index in [1.165, 1.54) is 12.7 Å². The molecule has 3 rings (SSSR count). The Labute approximate surface area is 153 Å². The van der Waals surface area contributed by atoms with Gasteiger partial charge in [0.05, 0.1) is 30.7 Å². The van der Waals surface area contributed by atoms with Crippen LogP contribution in [-0.4, -0.2) is 27.7 Å². The van der Waals surface area contributed by atoms with Crippen LogP contribution in [0.2, 0.25) is 0 Å². The molecule has 26 heavy (non-hydrogen) atoms. The van der Waals surface area contributed by atoms with Crippen molar-refractivity contribution >= 4 is 27.3 Å². The topological polar surface area (TPSA) is 84.5 Å². The van der Waals surface area contributed by atoms with E-state index in [0.29, 0.717) is 17.1 Å². The maximum atomic E-state index is 12.9. The highest BCUT2D eigenvalue weighted by Gasteiger charge is 2.27. The molecule has 0 aromatic heterocycles. The van der Waals surface area contributed by atoms with Crippen LogP contribution in [0.15, 0.2) is 42.5 Å².